The van der Waals surface area contributed by atoms with E-state index in [2.05, 4.69) is 5.32 Å². The van der Waals surface area contributed by atoms with Gasteiger partial charge in [-0.25, -0.2) is 4.79 Å². The minimum Gasteiger partial charge on any atom is -0.508 e. The second-order valence-corrected chi connectivity index (χ2v) is 5.78. The van der Waals surface area contributed by atoms with Crippen LogP contribution in [0.3, 0.4) is 0 Å². The third-order valence-electron chi connectivity index (χ3n) is 3.81. The van der Waals surface area contributed by atoms with Crippen molar-refractivity contribution in [2.75, 3.05) is 0 Å². The Balaban J connectivity index is 1.87. The molecule has 0 bridgehead atoms. The van der Waals surface area contributed by atoms with Crippen LogP contribution in [0, 0.1) is 6.92 Å². The Hall–Kier alpha value is -2.30. The van der Waals surface area contributed by atoms with Crippen LogP contribution in [0.2, 0.25) is 5.02 Å². The summed E-state index contributed by atoms with van der Waals surface area (Å²) >= 11 is 6.13. The molecule has 0 saturated heterocycles. The molecule has 3 aromatic rings. The van der Waals surface area contributed by atoms with Gasteiger partial charge in [0.2, 0.25) is 0 Å². The second kappa shape index (κ2) is 6.44. The second-order valence-electron chi connectivity index (χ2n) is 5.37. The van der Waals surface area contributed by atoms with E-state index in [1.165, 1.54) is 6.07 Å². The summed E-state index contributed by atoms with van der Waals surface area (Å²) in [5.74, 6) is 0.113. The van der Waals surface area contributed by atoms with Crippen LogP contribution >= 0.6 is 11.6 Å². The van der Waals surface area contributed by atoms with E-state index >= 15 is 0 Å². The number of aryl methyl sites for hydroxylation is 1. The van der Waals surface area contributed by atoms with E-state index < -0.39 is 5.63 Å². The van der Waals surface area contributed by atoms with Crippen LogP contribution in [0.25, 0.3) is 11.0 Å². The molecular weight excluding hydrogens is 314 g/mol. The summed E-state index contributed by atoms with van der Waals surface area (Å²) in [6.45, 7) is 2.82. The molecule has 5 heteroatoms. The zero-order chi connectivity index (χ0) is 16.4. The molecule has 0 atom stereocenters. The molecule has 0 amide bonds. The Kier molecular flexibility index (Phi) is 4.37. The Morgan fingerprint density at radius 3 is 2.65 bits per heavy atom. The van der Waals surface area contributed by atoms with Crippen molar-refractivity contribution in [2.24, 2.45) is 0 Å². The smallest absolute Gasteiger partial charge is 0.336 e. The number of hydrogen-bond acceptors (Lipinski definition) is 4. The molecule has 2 aromatic carbocycles. The first-order valence-corrected chi connectivity index (χ1v) is 7.63. The van der Waals surface area contributed by atoms with Crippen LogP contribution in [0.15, 0.2) is 51.7 Å². The van der Waals surface area contributed by atoms with Gasteiger partial charge in [0.15, 0.2) is 0 Å². The fourth-order valence-corrected chi connectivity index (χ4v) is 2.74. The van der Waals surface area contributed by atoms with E-state index in [9.17, 15) is 9.90 Å². The number of rotatable bonds is 4. The summed E-state index contributed by atoms with van der Waals surface area (Å²) in [5.41, 5.74) is 2.38. The fraction of sp³-hybridized carbons (Fsp3) is 0.167. The lowest BCUT2D eigenvalue weighted by molar-refractivity contribution is 0.468. The lowest BCUT2D eigenvalue weighted by atomic mass is 10.1. The van der Waals surface area contributed by atoms with Gasteiger partial charge < -0.3 is 14.8 Å². The van der Waals surface area contributed by atoms with Crippen molar-refractivity contribution in [1.82, 2.24) is 5.32 Å². The molecule has 2 N–H and O–H groups in total. The lowest BCUT2D eigenvalue weighted by Gasteiger charge is -2.10. The molecule has 118 valence electrons. The van der Waals surface area contributed by atoms with E-state index in [4.69, 9.17) is 16.0 Å². The van der Waals surface area contributed by atoms with Gasteiger partial charge >= 0.3 is 5.63 Å². The van der Waals surface area contributed by atoms with Crippen molar-refractivity contribution in [3.8, 4) is 5.75 Å². The number of benzene rings is 2. The first-order chi connectivity index (χ1) is 11.1. The van der Waals surface area contributed by atoms with E-state index in [0.717, 1.165) is 16.5 Å². The molecule has 3 rings (SSSR count). The van der Waals surface area contributed by atoms with Crippen molar-refractivity contribution in [2.45, 2.75) is 20.0 Å². The van der Waals surface area contributed by atoms with E-state index in [-0.39, 0.29) is 5.75 Å². The van der Waals surface area contributed by atoms with Crippen LogP contribution in [0.5, 0.6) is 5.75 Å². The number of aromatic hydroxyl groups is 1. The molecule has 0 unspecified atom stereocenters. The average molecular weight is 330 g/mol. The third-order valence-corrected chi connectivity index (χ3v) is 4.18. The van der Waals surface area contributed by atoms with Crippen LogP contribution < -0.4 is 10.9 Å². The largest absolute Gasteiger partial charge is 0.508 e. The molecule has 0 aliphatic heterocycles. The number of phenolic OH excluding ortho intramolecular Hbond substituents is 1. The van der Waals surface area contributed by atoms with Gasteiger partial charge in [0.25, 0.3) is 0 Å². The molecular formula is C18H16ClNO3. The van der Waals surface area contributed by atoms with E-state index in [1.807, 2.05) is 24.3 Å². The van der Waals surface area contributed by atoms with Crippen LogP contribution in [0.1, 0.15) is 16.7 Å². The SMILES string of the molecule is Cc1c(O)ccc2c(CNCc3ccccc3Cl)cc(=O)oc12. The topological polar surface area (TPSA) is 62.5 Å². The van der Waals surface area contributed by atoms with Crippen molar-refractivity contribution in [3.63, 3.8) is 0 Å². The molecule has 0 aliphatic carbocycles. The normalized spacial score (nSPS) is 11.0. The Labute approximate surface area is 138 Å². The predicted molar refractivity (Wildman–Crippen MR) is 90.9 cm³/mol. The zero-order valence-electron chi connectivity index (χ0n) is 12.6. The van der Waals surface area contributed by atoms with Gasteiger partial charge in [0.1, 0.15) is 11.3 Å². The molecule has 4 nitrogen and oxygen atoms in total. The summed E-state index contributed by atoms with van der Waals surface area (Å²) in [5, 5.41) is 14.6. The Bertz CT molecular complexity index is 918. The zero-order valence-corrected chi connectivity index (χ0v) is 13.4. The summed E-state index contributed by atoms with van der Waals surface area (Å²) in [7, 11) is 0. The molecule has 1 heterocycles. The minimum atomic E-state index is -0.430. The van der Waals surface area contributed by atoms with Crippen molar-refractivity contribution in [1.29, 1.82) is 0 Å². The maximum atomic E-state index is 11.8. The standard InChI is InChI=1S/C18H16ClNO3/c1-11-16(21)7-6-14-13(8-17(22)23-18(11)14)10-20-9-12-4-2-3-5-15(12)19/h2-8,20-21H,9-10H2,1H3. The first-order valence-electron chi connectivity index (χ1n) is 7.25. The van der Waals surface area contributed by atoms with Gasteiger partial charge in [-0.3, -0.25) is 0 Å². The van der Waals surface area contributed by atoms with E-state index in [1.54, 1.807) is 19.1 Å². The Morgan fingerprint density at radius 1 is 1.13 bits per heavy atom. The number of halogens is 1. The quantitative estimate of drug-likeness (QED) is 0.716. The highest BCUT2D eigenvalue weighted by molar-refractivity contribution is 6.31. The summed E-state index contributed by atoms with van der Waals surface area (Å²) in [6.07, 6.45) is 0. The van der Waals surface area contributed by atoms with E-state index in [0.29, 0.717) is 29.3 Å². The average Bonchev–Trinajstić information content (AvgIpc) is 2.53. The number of fused-ring (bicyclic) bond motifs is 1. The van der Waals surface area contributed by atoms with Crippen LogP contribution in [-0.2, 0) is 13.1 Å². The highest BCUT2D eigenvalue weighted by atomic mass is 35.5. The third kappa shape index (κ3) is 3.23. The Morgan fingerprint density at radius 2 is 1.87 bits per heavy atom. The lowest BCUT2D eigenvalue weighted by Crippen LogP contribution is -2.15. The van der Waals surface area contributed by atoms with Crippen molar-refractivity contribution in [3.05, 3.63) is 74.6 Å². The molecule has 0 radical (unpaired) electrons. The molecule has 1 aromatic heterocycles. The molecule has 23 heavy (non-hydrogen) atoms. The van der Waals surface area contributed by atoms with Crippen LogP contribution in [-0.4, -0.2) is 5.11 Å². The highest BCUT2D eigenvalue weighted by Gasteiger charge is 2.10. The highest BCUT2D eigenvalue weighted by Crippen LogP contribution is 2.27. The van der Waals surface area contributed by atoms with Gasteiger partial charge in [-0.05, 0) is 36.2 Å². The molecule has 0 saturated carbocycles. The molecule has 0 aliphatic rings. The number of hydrogen-bond donors (Lipinski definition) is 2. The maximum Gasteiger partial charge on any atom is 0.336 e. The minimum absolute atomic E-state index is 0.113. The molecule has 0 fully saturated rings. The first kappa shape index (κ1) is 15.6. The van der Waals surface area contributed by atoms with Gasteiger partial charge in [-0.15, -0.1) is 0 Å². The molecule has 0 spiro atoms. The predicted octanol–water partition coefficient (Wildman–Crippen LogP) is 3.75. The summed E-state index contributed by atoms with van der Waals surface area (Å²) < 4.78 is 5.23. The maximum absolute atomic E-state index is 11.8. The van der Waals surface area contributed by atoms with Crippen molar-refractivity contribution < 1.29 is 9.52 Å². The van der Waals surface area contributed by atoms with Gasteiger partial charge in [0, 0.05) is 35.1 Å². The fourth-order valence-electron chi connectivity index (χ4n) is 2.54. The number of nitrogens with one attached hydrogen (secondary N) is 1. The van der Waals surface area contributed by atoms with Gasteiger partial charge in [-0.2, -0.15) is 0 Å². The summed E-state index contributed by atoms with van der Waals surface area (Å²) in [4.78, 5) is 11.8. The van der Waals surface area contributed by atoms with Crippen molar-refractivity contribution >= 4 is 22.6 Å². The van der Waals surface area contributed by atoms with Gasteiger partial charge in [-0.1, -0.05) is 29.8 Å². The summed E-state index contributed by atoms with van der Waals surface area (Å²) in [6, 6.07) is 12.4. The van der Waals surface area contributed by atoms with Gasteiger partial charge in [0.05, 0.1) is 0 Å². The van der Waals surface area contributed by atoms with Crippen LogP contribution in [0.4, 0.5) is 0 Å². The number of phenols is 1. The monoisotopic (exact) mass is 329 g/mol.